The Labute approximate surface area is 171 Å². The van der Waals surface area contributed by atoms with Crippen LogP contribution in [0, 0.1) is 5.92 Å². The van der Waals surface area contributed by atoms with Gasteiger partial charge in [0.15, 0.2) is 9.84 Å². The molecular formula is C23H26N2O3S. The summed E-state index contributed by atoms with van der Waals surface area (Å²) < 4.78 is 28.1. The quantitative estimate of drug-likeness (QED) is 0.641. The van der Waals surface area contributed by atoms with Crippen molar-refractivity contribution in [2.75, 3.05) is 13.1 Å². The summed E-state index contributed by atoms with van der Waals surface area (Å²) in [5.74, 6) is 0.644. The van der Waals surface area contributed by atoms with Crippen LogP contribution in [0.4, 0.5) is 0 Å². The fourth-order valence-electron chi connectivity index (χ4n) is 3.97. The normalized spacial score (nSPS) is 15.7. The molecule has 2 heterocycles. The van der Waals surface area contributed by atoms with E-state index in [-0.39, 0.29) is 23.1 Å². The minimum Gasteiger partial charge on any atom is -0.341 e. The molecule has 4 rings (SSSR count). The summed E-state index contributed by atoms with van der Waals surface area (Å²) in [6, 6.07) is 16.6. The van der Waals surface area contributed by atoms with Crippen LogP contribution in [0.5, 0.6) is 0 Å². The van der Waals surface area contributed by atoms with Crippen molar-refractivity contribution in [3.8, 4) is 0 Å². The molecule has 1 aliphatic rings. The first-order chi connectivity index (χ1) is 13.9. The minimum absolute atomic E-state index is 0.0460. The molecular weight excluding hydrogens is 384 g/mol. The van der Waals surface area contributed by atoms with Gasteiger partial charge in [0.05, 0.1) is 10.6 Å². The van der Waals surface area contributed by atoms with Gasteiger partial charge in [-0.1, -0.05) is 55.5 Å². The lowest BCUT2D eigenvalue weighted by Gasteiger charge is -2.30. The first kappa shape index (κ1) is 19.7. The summed E-state index contributed by atoms with van der Waals surface area (Å²) in [5, 5.41) is 0.670. The van der Waals surface area contributed by atoms with Crippen molar-refractivity contribution < 1.29 is 13.2 Å². The smallest absolute Gasteiger partial charge is 0.242 e. The van der Waals surface area contributed by atoms with E-state index >= 15 is 0 Å². The van der Waals surface area contributed by atoms with E-state index in [0.29, 0.717) is 11.3 Å². The Hall–Kier alpha value is -2.60. The molecule has 1 amide bonds. The van der Waals surface area contributed by atoms with E-state index in [1.165, 1.54) is 0 Å². The van der Waals surface area contributed by atoms with Crippen LogP contribution >= 0.6 is 0 Å². The number of carbonyl (C=O) groups is 1. The third-order valence-corrected chi connectivity index (χ3v) is 7.44. The van der Waals surface area contributed by atoms with Crippen LogP contribution < -0.4 is 0 Å². The van der Waals surface area contributed by atoms with Crippen LogP contribution in [-0.2, 0) is 26.9 Å². The molecule has 1 fully saturated rings. The predicted octanol–water partition coefficient (Wildman–Crippen LogP) is 3.87. The van der Waals surface area contributed by atoms with Gasteiger partial charge in [-0.2, -0.15) is 0 Å². The third-order valence-electron chi connectivity index (χ3n) is 5.73. The van der Waals surface area contributed by atoms with Crippen LogP contribution in [0.2, 0.25) is 0 Å². The van der Waals surface area contributed by atoms with Crippen molar-refractivity contribution in [2.45, 2.75) is 37.0 Å². The molecule has 6 heteroatoms. The number of aromatic nitrogens is 1. The maximum atomic E-state index is 13.1. The lowest BCUT2D eigenvalue weighted by atomic mass is 9.99. The molecule has 152 valence electrons. The third kappa shape index (κ3) is 4.22. The largest absolute Gasteiger partial charge is 0.341 e. The SMILES string of the molecule is CC1CCN(C(=O)Cn2cc(S(=O)(=O)Cc3ccccc3)c3ccccc32)CC1. The fraction of sp³-hybridized carbons (Fsp3) is 0.348. The predicted molar refractivity (Wildman–Crippen MR) is 114 cm³/mol. The second kappa shape index (κ2) is 8.03. The standard InChI is InChI=1S/C23H26N2O3S/c1-18-11-13-24(14-12-18)23(26)16-25-15-22(20-9-5-6-10-21(20)25)29(27,28)17-19-7-3-2-4-8-19/h2-10,15,18H,11-14,16-17H2,1H3. The molecule has 1 aliphatic heterocycles. The van der Waals surface area contributed by atoms with Gasteiger partial charge >= 0.3 is 0 Å². The first-order valence-electron chi connectivity index (χ1n) is 10.1. The van der Waals surface area contributed by atoms with E-state index in [2.05, 4.69) is 6.92 Å². The van der Waals surface area contributed by atoms with Crippen molar-refractivity contribution in [1.29, 1.82) is 0 Å². The van der Waals surface area contributed by atoms with E-state index < -0.39 is 9.84 Å². The van der Waals surface area contributed by atoms with Gasteiger partial charge in [0, 0.05) is 30.2 Å². The Morgan fingerprint density at radius 3 is 2.38 bits per heavy atom. The zero-order chi connectivity index (χ0) is 20.4. The number of piperidine rings is 1. The van der Waals surface area contributed by atoms with E-state index in [1.807, 2.05) is 59.5 Å². The number of hydrogen-bond donors (Lipinski definition) is 0. The van der Waals surface area contributed by atoms with Crippen molar-refractivity contribution in [1.82, 2.24) is 9.47 Å². The van der Waals surface area contributed by atoms with Crippen LogP contribution in [0.3, 0.4) is 0 Å². The second-order valence-electron chi connectivity index (χ2n) is 7.95. The highest BCUT2D eigenvalue weighted by atomic mass is 32.2. The topological polar surface area (TPSA) is 59.4 Å². The summed E-state index contributed by atoms with van der Waals surface area (Å²) in [4.78, 5) is 15.0. The highest BCUT2D eigenvalue weighted by Crippen LogP contribution is 2.28. The van der Waals surface area contributed by atoms with Crippen LogP contribution in [-0.4, -0.2) is 36.9 Å². The summed E-state index contributed by atoms with van der Waals surface area (Å²) >= 11 is 0. The molecule has 5 nitrogen and oxygen atoms in total. The van der Waals surface area contributed by atoms with Crippen molar-refractivity contribution in [3.63, 3.8) is 0 Å². The maximum Gasteiger partial charge on any atom is 0.242 e. The zero-order valence-corrected chi connectivity index (χ0v) is 17.4. The summed E-state index contributed by atoms with van der Waals surface area (Å²) in [6.45, 7) is 3.93. The number of fused-ring (bicyclic) bond motifs is 1. The molecule has 0 unspecified atom stereocenters. The molecule has 0 spiro atoms. The van der Waals surface area contributed by atoms with Gasteiger partial charge in [0.1, 0.15) is 6.54 Å². The molecule has 0 radical (unpaired) electrons. The average molecular weight is 411 g/mol. The lowest BCUT2D eigenvalue weighted by Crippen LogP contribution is -2.39. The molecule has 0 aliphatic carbocycles. The molecule has 0 bridgehead atoms. The Kier molecular flexibility index (Phi) is 5.46. The van der Waals surface area contributed by atoms with Gasteiger partial charge in [0.25, 0.3) is 0 Å². The Morgan fingerprint density at radius 2 is 1.66 bits per heavy atom. The number of amides is 1. The van der Waals surface area contributed by atoms with Gasteiger partial charge in [-0.3, -0.25) is 4.79 Å². The molecule has 3 aromatic rings. The number of hydrogen-bond acceptors (Lipinski definition) is 3. The van der Waals surface area contributed by atoms with Gasteiger partial charge in [-0.05, 0) is 30.4 Å². The zero-order valence-electron chi connectivity index (χ0n) is 16.6. The van der Waals surface area contributed by atoms with Crippen molar-refractivity contribution >= 4 is 26.6 Å². The molecule has 1 saturated heterocycles. The lowest BCUT2D eigenvalue weighted by molar-refractivity contribution is -0.133. The van der Waals surface area contributed by atoms with E-state index in [9.17, 15) is 13.2 Å². The number of nitrogens with zero attached hydrogens (tertiary/aromatic N) is 2. The highest BCUT2D eigenvalue weighted by Gasteiger charge is 2.24. The summed E-state index contributed by atoms with van der Waals surface area (Å²) in [7, 11) is -3.53. The van der Waals surface area contributed by atoms with Gasteiger partial charge in [-0.25, -0.2) is 8.42 Å². The monoisotopic (exact) mass is 410 g/mol. The fourth-order valence-corrected chi connectivity index (χ4v) is 5.55. The first-order valence-corrected chi connectivity index (χ1v) is 11.7. The summed E-state index contributed by atoms with van der Waals surface area (Å²) in [6.07, 6.45) is 3.68. The number of benzene rings is 2. The maximum absolute atomic E-state index is 13.1. The summed E-state index contributed by atoms with van der Waals surface area (Å²) in [5.41, 5.74) is 1.53. The number of rotatable bonds is 5. The Balaban J connectivity index is 1.64. The number of sulfone groups is 1. The van der Waals surface area contributed by atoms with Gasteiger partial charge in [-0.15, -0.1) is 0 Å². The van der Waals surface area contributed by atoms with E-state index in [4.69, 9.17) is 0 Å². The Morgan fingerprint density at radius 1 is 1.00 bits per heavy atom. The number of carbonyl (C=O) groups excluding carboxylic acids is 1. The van der Waals surface area contributed by atoms with Crippen LogP contribution in [0.15, 0.2) is 65.7 Å². The number of para-hydroxylation sites is 1. The Bertz CT molecular complexity index is 1110. The molecule has 0 N–H and O–H groups in total. The highest BCUT2D eigenvalue weighted by molar-refractivity contribution is 7.90. The molecule has 2 aromatic carbocycles. The van der Waals surface area contributed by atoms with Gasteiger partial charge < -0.3 is 9.47 Å². The molecule has 0 saturated carbocycles. The number of likely N-dealkylation sites (tertiary alicyclic amines) is 1. The van der Waals surface area contributed by atoms with Crippen molar-refractivity contribution in [2.24, 2.45) is 5.92 Å². The van der Waals surface area contributed by atoms with Crippen molar-refractivity contribution in [3.05, 3.63) is 66.4 Å². The minimum atomic E-state index is -3.53. The van der Waals surface area contributed by atoms with E-state index in [0.717, 1.165) is 37.0 Å². The second-order valence-corrected chi connectivity index (χ2v) is 9.90. The van der Waals surface area contributed by atoms with Crippen LogP contribution in [0.1, 0.15) is 25.3 Å². The van der Waals surface area contributed by atoms with E-state index in [1.54, 1.807) is 10.8 Å². The molecule has 0 atom stereocenters. The molecule has 1 aromatic heterocycles. The van der Waals surface area contributed by atoms with Crippen LogP contribution in [0.25, 0.3) is 10.9 Å². The van der Waals surface area contributed by atoms with Gasteiger partial charge in [0.2, 0.25) is 5.91 Å². The average Bonchev–Trinajstić information content (AvgIpc) is 3.08. The molecule has 29 heavy (non-hydrogen) atoms.